The van der Waals surface area contributed by atoms with Crippen molar-refractivity contribution < 1.29 is 14.5 Å². The van der Waals surface area contributed by atoms with Crippen LogP contribution >= 0.6 is 23.4 Å². The standard InChI is InChI=1S/C15H18ClN3O4S/c1-15(2,3)17-13(20)12-7-24-8-18(12)14(21)10-5-4-9(19(22)23)6-11(10)16/h4-6,12H,7-8H2,1-3H3,(H,17,20). The van der Waals surface area contributed by atoms with Crippen molar-refractivity contribution in [3.8, 4) is 0 Å². The Bertz CT molecular complexity index is 690. The van der Waals surface area contributed by atoms with Gasteiger partial charge in [-0.25, -0.2) is 0 Å². The van der Waals surface area contributed by atoms with E-state index in [0.29, 0.717) is 11.6 Å². The van der Waals surface area contributed by atoms with E-state index in [1.807, 2.05) is 20.8 Å². The largest absolute Gasteiger partial charge is 0.350 e. The second kappa shape index (κ2) is 6.98. The van der Waals surface area contributed by atoms with Crippen molar-refractivity contribution in [1.29, 1.82) is 0 Å². The minimum atomic E-state index is -0.590. The van der Waals surface area contributed by atoms with Crippen LogP contribution in [0.3, 0.4) is 0 Å². The molecule has 9 heteroatoms. The molecule has 1 aromatic rings. The molecule has 24 heavy (non-hydrogen) atoms. The van der Waals surface area contributed by atoms with Crippen molar-refractivity contribution in [3.05, 3.63) is 38.9 Å². The van der Waals surface area contributed by atoms with Crippen LogP contribution in [0.25, 0.3) is 0 Å². The lowest BCUT2D eigenvalue weighted by atomic mass is 10.1. The summed E-state index contributed by atoms with van der Waals surface area (Å²) in [6, 6.07) is 3.10. The van der Waals surface area contributed by atoms with E-state index < -0.39 is 22.4 Å². The third-order valence-electron chi connectivity index (χ3n) is 3.34. The number of hydrogen-bond acceptors (Lipinski definition) is 5. The van der Waals surface area contributed by atoms with Crippen LogP contribution in [-0.4, -0.2) is 44.8 Å². The quantitative estimate of drug-likeness (QED) is 0.651. The zero-order valence-electron chi connectivity index (χ0n) is 13.5. The average Bonchev–Trinajstić information content (AvgIpc) is 2.94. The first-order chi connectivity index (χ1) is 11.1. The first kappa shape index (κ1) is 18.5. The molecule has 1 fully saturated rings. The average molecular weight is 372 g/mol. The van der Waals surface area contributed by atoms with Crippen molar-refractivity contribution >= 4 is 40.9 Å². The summed E-state index contributed by atoms with van der Waals surface area (Å²) in [5.41, 5.74) is -0.433. The summed E-state index contributed by atoms with van der Waals surface area (Å²) in [7, 11) is 0. The summed E-state index contributed by atoms with van der Waals surface area (Å²) in [5, 5.41) is 13.6. The van der Waals surface area contributed by atoms with Gasteiger partial charge in [-0.3, -0.25) is 19.7 Å². The molecule has 7 nitrogen and oxygen atoms in total. The van der Waals surface area contributed by atoms with Crippen molar-refractivity contribution in [2.45, 2.75) is 32.4 Å². The molecule has 0 radical (unpaired) electrons. The molecule has 1 N–H and O–H groups in total. The Kier molecular flexibility index (Phi) is 5.39. The van der Waals surface area contributed by atoms with Crippen LogP contribution in [0.2, 0.25) is 5.02 Å². The van der Waals surface area contributed by atoms with Crippen molar-refractivity contribution in [2.75, 3.05) is 11.6 Å². The highest BCUT2D eigenvalue weighted by Gasteiger charge is 2.37. The summed E-state index contributed by atoms with van der Waals surface area (Å²) in [6.45, 7) is 5.60. The van der Waals surface area contributed by atoms with E-state index in [9.17, 15) is 19.7 Å². The smallest absolute Gasteiger partial charge is 0.270 e. The lowest BCUT2D eigenvalue weighted by Gasteiger charge is -2.27. The zero-order valence-corrected chi connectivity index (χ0v) is 15.1. The number of nitrogens with zero attached hydrogens (tertiary/aromatic N) is 2. The molecule has 1 aliphatic heterocycles. The van der Waals surface area contributed by atoms with Gasteiger partial charge in [-0.05, 0) is 26.8 Å². The number of benzene rings is 1. The third-order valence-corrected chi connectivity index (χ3v) is 4.66. The fraction of sp³-hybridized carbons (Fsp3) is 0.467. The number of halogens is 1. The van der Waals surface area contributed by atoms with Gasteiger partial charge in [0.1, 0.15) is 6.04 Å². The number of thioether (sulfide) groups is 1. The Labute approximate surface area is 148 Å². The predicted molar refractivity (Wildman–Crippen MR) is 93.3 cm³/mol. The van der Waals surface area contributed by atoms with E-state index in [1.165, 1.54) is 28.8 Å². The monoisotopic (exact) mass is 371 g/mol. The summed E-state index contributed by atoms with van der Waals surface area (Å²) >= 11 is 7.50. The molecule has 1 aliphatic rings. The van der Waals surface area contributed by atoms with E-state index in [1.54, 1.807) is 0 Å². The molecule has 130 valence electrons. The molecule has 1 unspecified atom stereocenters. The Balaban J connectivity index is 2.22. The highest BCUT2D eigenvalue weighted by atomic mass is 35.5. The summed E-state index contributed by atoms with van der Waals surface area (Å²) in [5.74, 6) is 0.236. The maximum atomic E-state index is 12.7. The molecular weight excluding hydrogens is 354 g/mol. The van der Waals surface area contributed by atoms with Gasteiger partial charge < -0.3 is 10.2 Å². The summed E-state index contributed by atoms with van der Waals surface area (Å²) in [6.07, 6.45) is 0. The zero-order chi connectivity index (χ0) is 18.1. The second-order valence-electron chi connectivity index (χ2n) is 6.45. The van der Waals surface area contributed by atoms with E-state index in [4.69, 9.17) is 11.6 Å². The number of rotatable bonds is 3. The fourth-order valence-electron chi connectivity index (χ4n) is 2.26. The van der Waals surface area contributed by atoms with Gasteiger partial charge in [0.05, 0.1) is 21.4 Å². The second-order valence-corrected chi connectivity index (χ2v) is 7.86. The first-order valence-corrected chi connectivity index (χ1v) is 8.78. The van der Waals surface area contributed by atoms with Crippen molar-refractivity contribution in [1.82, 2.24) is 10.2 Å². The lowest BCUT2D eigenvalue weighted by molar-refractivity contribution is -0.384. The van der Waals surface area contributed by atoms with E-state index in [2.05, 4.69) is 5.32 Å². The van der Waals surface area contributed by atoms with Crippen LogP contribution in [0, 0.1) is 10.1 Å². The van der Waals surface area contributed by atoms with Gasteiger partial charge in [0, 0.05) is 23.4 Å². The van der Waals surface area contributed by atoms with E-state index in [-0.39, 0.29) is 22.2 Å². The first-order valence-electron chi connectivity index (χ1n) is 7.25. The molecular formula is C15H18ClN3O4S. The molecule has 1 saturated heterocycles. The highest BCUT2D eigenvalue weighted by Crippen LogP contribution is 2.28. The Morgan fingerprint density at radius 1 is 1.42 bits per heavy atom. The number of carbonyl (C=O) groups is 2. The number of amides is 2. The lowest BCUT2D eigenvalue weighted by Crippen LogP contribution is -2.52. The van der Waals surface area contributed by atoms with Gasteiger partial charge in [0.2, 0.25) is 5.91 Å². The molecule has 0 spiro atoms. The van der Waals surface area contributed by atoms with Gasteiger partial charge >= 0.3 is 0 Å². The maximum absolute atomic E-state index is 12.7. The van der Waals surface area contributed by atoms with Crippen LogP contribution in [0.1, 0.15) is 31.1 Å². The molecule has 2 amide bonds. The molecule has 0 saturated carbocycles. The number of carbonyl (C=O) groups excluding carboxylic acids is 2. The number of nitro benzene ring substituents is 1. The topological polar surface area (TPSA) is 92.6 Å². The Morgan fingerprint density at radius 2 is 2.08 bits per heavy atom. The molecule has 2 rings (SSSR count). The third kappa shape index (κ3) is 4.18. The Morgan fingerprint density at radius 3 is 2.62 bits per heavy atom. The molecule has 0 aromatic heterocycles. The van der Waals surface area contributed by atoms with E-state index in [0.717, 1.165) is 6.07 Å². The number of nitro groups is 1. The van der Waals surface area contributed by atoms with Crippen LogP contribution in [0.4, 0.5) is 5.69 Å². The van der Waals surface area contributed by atoms with E-state index >= 15 is 0 Å². The van der Waals surface area contributed by atoms with Crippen LogP contribution in [0.15, 0.2) is 18.2 Å². The fourth-order valence-corrected chi connectivity index (χ4v) is 3.67. The van der Waals surface area contributed by atoms with Gasteiger partial charge in [0.25, 0.3) is 11.6 Å². The molecule has 1 aromatic carbocycles. The van der Waals surface area contributed by atoms with Gasteiger partial charge in [-0.15, -0.1) is 11.8 Å². The van der Waals surface area contributed by atoms with Gasteiger partial charge in [-0.1, -0.05) is 11.6 Å². The minimum absolute atomic E-state index is 0.001000. The van der Waals surface area contributed by atoms with Crippen molar-refractivity contribution in [2.24, 2.45) is 0 Å². The predicted octanol–water partition coefficient (Wildman–Crippen LogP) is 2.68. The molecule has 1 atom stereocenters. The summed E-state index contributed by atoms with van der Waals surface area (Å²) < 4.78 is 0. The van der Waals surface area contributed by atoms with Crippen molar-refractivity contribution in [3.63, 3.8) is 0 Å². The SMILES string of the molecule is CC(C)(C)NC(=O)C1CSCN1C(=O)c1ccc([N+](=O)[O-])cc1Cl. The number of hydrogen-bond donors (Lipinski definition) is 1. The summed E-state index contributed by atoms with van der Waals surface area (Å²) in [4.78, 5) is 36.7. The van der Waals surface area contributed by atoms with Gasteiger partial charge in [-0.2, -0.15) is 0 Å². The van der Waals surface area contributed by atoms with Gasteiger partial charge in [0.15, 0.2) is 0 Å². The Hall–Kier alpha value is -1.80. The number of nitrogens with one attached hydrogen (secondary N) is 1. The van der Waals surface area contributed by atoms with Crippen LogP contribution < -0.4 is 5.32 Å². The minimum Gasteiger partial charge on any atom is -0.350 e. The van der Waals surface area contributed by atoms with Crippen LogP contribution in [0.5, 0.6) is 0 Å². The maximum Gasteiger partial charge on any atom is 0.270 e. The van der Waals surface area contributed by atoms with Crippen LogP contribution in [-0.2, 0) is 4.79 Å². The normalized spacial score (nSPS) is 17.7. The molecule has 1 heterocycles. The molecule has 0 bridgehead atoms. The highest BCUT2D eigenvalue weighted by molar-refractivity contribution is 7.99. The molecule has 0 aliphatic carbocycles. The number of non-ortho nitro benzene ring substituents is 1.